The van der Waals surface area contributed by atoms with Crippen molar-refractivity contribution in [3.05, 3.63) is 23.8 Å². The van der Waals surface area contributed by atoms with Gasteiger partial charge in [-0.05, 0) is 44.4 Å². The van der Waals surface area contributed by atoms with Gasteiger partial charge in [-0.3, -0.25) is 4.21 Å². The lowest BCUT2D eigenvalue weighted by Crippen LogP contribution is -2.34. The van der Waals surface area contributed by atoms with Crippen molar-refractivity contribution in [1.29, 1.82) is 0 Å². The smallest absolute Gasteiger partial charge is 0.231 e. The second-order valence-corrected chi connectivity index (χ2v) is 7.15. The van der Waals surface area contributed by atoms with E-state index >= 15 is 0 Å². The summed E-state index contributed by atoms with van der Waals surface area (Å²) in [5, 5.41) is 3.63. The fourth-order valence-electron chi connectivity index (χ4n) is 2.07. The summed E-state index contributed by atoms with van der Waals surface area (Å²) >= 11 is 0. The molecule has 0 bridgehead atoms. The minimum Gasteiger partial charge on any atom is -0.454 e. The second-order valence-electron chi connectivity index (χ2n) is 5.34. The molecule has 2 rings (SSSR count). The van der Waals surface area contributed by atoms with Gasteiger partial charge >= 0.3 is 0 Å². The van der Waals surface area contributed by atoms with E-state index in [0.29, 0.717) is 12.8 Å². The summed E-state index contributed by atoms with van der Waals surface area (Å²) in [5.74, 6) is 1.68. The molecule has 1 aliphatic rings. The van der Waals surface area contributed by atoms with Crippen LogP contribution >= 0.6 is 0 Å². The number of benzene rings is 1. The molecule has 3 atom stereocenters. The zero-order chi connectivity index (χ0) is 14.5. The number of rotatable bonds is 7. The molecule has 20 heavy (non-hydrogen) atoms. The highest BCUT2D eigenvalue weighted by atomic mass is 32.2. The van der Waals surface area contributed by atoms with E-state index in [1.54, 1.807) is 6.26 Å². The summed E-state index contributed by atoms with van der Waals surface area (Å²) in [4.78, 5) is 0. The number of ether oxygens (including phenoxy) is 2. The summed E-state index contributed by atoms with van der Waals surface area (Å²) in [7, 11) is -0.760. The Bertz CT molecular complexity index is 478. The summed E-state index contributed by atoms with van der Waals surface area (Å²) in [5.41, 5.74) is 1.26. The van der Waals surface area contributed by atoms with Crippen molar-refractivity contribution in [2.45, 2.75) is 38.0 Å². The van der Waals surface area contributed by atoms with Crippen molar-refractivity contribution in [3.63, 3.8) is 0 Å². The van der Waals surface area contributed by atoms with Crippen molar-refractivity contribution in [2.75, 3.05) is 19.6 Å². The normalized spacial score (nSPS) is 17.8. The van der Waals surface area contributed by atoms with Gasteiger partial charge in [0.15, 0.2) is 11.5 Å². The van der Waals surface area contributed by atoms with Crippen LogP contribution in [0.25, 0.3) is 0 Å². The number of aryl methyl sites for hydroxylation is 1. The van der Waals surface area contributed by atoms with Crippen LogP contribution in [-0.2, 0) is 17.2 Å². The van der Waals surface area contributed by atoms with Crippen molar-refractivity contribution < 1.29 is 13.7 Å². The molecule has 4 nitrogen and oxygen atoms in total. The van der Waals surface area contributed by atoms with E-state index in [4.69, 9.17) is 9.47 Å². The third-order valence-electron chi connectivity index (χ3n) is 3.62. The summed E-state index contributed by atoms with van der Waals surface area (Å²) in [6.45, 7) is 5.29. The van der Waals surface area contributed by atoms with Crippen LogP contribution in [0.5, 0.6) is 11.5 Å². The summed E-state index contributed by atoms with van der Waals surface area (Å²) < 4.78 is 22.0. The van der Waals surface area contributed by atoms with Gasteiger partial charge in [0, 0.05) is 34.9 Å². The highest BCUT2D eigenvalue weighted by Gasteiger charge is 2.14. The topological polar surface area (TPSA) is 47.6 Å². The molecule has 1 aromatic rings. The first kappa shape index (κ1) is 15.3. The number of hydrogen-bond acceptors (Lipinski definition) is 4. The molecule has 5 heteroatoms. The largest absolute Gasteiger partial charge is 0.454 e. The van der Waals surface area contributed by atoms with Gasteiger partial charge < -0.3 is 14.8 Å². The van der Waals surface area contributed by atoms with Crippen LogP contribution in [0.4, 0.5) is 0 Å². The summed E-state index contributed by atoms with van der Waals surface area (Å²) in [6.07, 6.45) is 3.79. The second kappa shape index (κ2) is 7.09. The van der Waals surface area contributed by atoms with Crippen molar-refractivity contribution in [1.82, 2.24) is 5.32 Å². The Morgan fingerprint density at radius 2 is 2.05 bits per heavy atom. The minimum atomic E-state index is -0.760. The highest BCUT2D eigenvalue weighted by Crippen LogP contribution is 2.32. The minimum absolute atomic E-state index is 0.197. The third-order valence-corrected chi connectivity index (χ3v) is 4.92. The van der Waals surface area contributed by atoms with E-state index in [9.17, 15) is 4.21 Å². The zero-order valence-corrected chi connectivity index (χ0v) is 13.2. The number of fused-ring (bicyclic) bond motifs is 1. The highest BCUT2D eigenvalue weighted by molar-refractivity contribution is 7.84. The Morgan fingerprint density at radius 3 is 2.80 bits per heavy atom. The maximum Gasteiger partial charge on any atom is 0.231 e. The Morgan fingerprint density at radius 1 is 1.30 bits per heavy atom. The van der Waals surface area contributed by atoms with Gasteiger partial charge in [-0.2, -0.15) is 0 Å². The molecule has 0 radical (unpaired) electrons. The Kier molecular flexibility index (Phi) is 5.43. The van der Waals surface area contributed by atoms with Crippen molar-refractivity contribution in [2.24, 2.45) is 0 Å². The fraction of sp³-hybridized carbons (Fsp3) is 0.600. The lowest BCUT2D eigenvalue weighted by Gasteiger charge is -2.16. The van der Waals surface area contributed by atoms with E-state index in [1.165, 1.54) is 5.56 Å². The van der Waals surface area contributed by atoms with Crippen LogP contribution in [0.2, 0.25) is 0 Å². The Labute approximate surface area is 123 Å². The molecule has 0 aliphatic carbocycles. The molecule has 0 aromatic heterocycles. The van der Waals surface area contributed by atoms with E-state index in [0.717, 1.165) is 30.9 Å². The molecule has 0 saturated heterocycles. The molecule has 1 N–H and O–H groups in total. The fourth-order valence-corrected chi connectivity index (χ4v) is 2.40. The lowest BCUT2D eigenvalue weighted by molar-refractivity contribution is 0.174. The first-order chi connectivity index (χ1) is 9.56. The van der Waals surface area contributed by atoms with E-state index in [1.807, 2.05) is 13.0 Å². The third kappa shape index (κ3) is 4.21. The first-order valence-electron chi connectivity index (χ1n) is 7.00. The quantitative estimate of drug-likeness (QED) is 0.837. The molecule has 0 amide bonds. The predicted octanol–water partition coefficient (Wildman–Crippen LogP) is 2.09. The molecule has 3 unspecified atom stereocenters. The predicted molar refractivity (Wildman–Crippen MR) is 81.9 cm³/mol. The van der Waals surface area contributed by atoms with Gasteiger partial charge in [-0.1, -0.05) is 6.07 Å². The van der Waals surface area contributed by atoms with E-state index < -0.39 is 10.8 Å². The van der Waals surface area contributed by atoms with Crippen LogP contribution in [0.1, 0.15) is 25.8 Å². The van der Waals surface area contributed by atoms with Gasteiger partial charge in [-0.15, -0.1) is 0 Å². The monoisotopic (exact) mass is 297 g/mol. The lowest BCUT2D eigenvalue weighted by atomic mass is 10.1. The molecule has 1 heterocycles. The van der Waals surface area contributed by atoms with Gasteiger partial charge in [-0.25, -0.2) is 0 Å². The Hall–Kier alpha value is -1.07. The molecule has 1 aliphatic heterocycles. The molecular formula is C15H23NO3S. The average Bonchev–Trinajstić information content (AvgIpc) is 2.89. The SMILES string of the molecule is CC(CCc1ccc2c(c1)OCO2)NCC(C)S(C)=O. The maximum absolute atomic E-state index is 11.3. The van der Waals surface area contributed by atoms with E-state index in [-0.39, 0.29) is 5.25 Å². The van der Waals surface area contributed by atoms with E-state index in [2.05, 4.69) is 24.4 Å². The molecule has 0 saturated carbocycles. The molecular weight excluding hydrogens is 274 g/mol. The van der Waals surface area contributed by atoms with Gasteiger partial charge in [0.1, 0.15) is 0 Å². The van der Waals surface area contributed by atoms with Crippen LogP contribution in [-0.4, -0.2) is 35.1 Å². The number of hydrogen-bond donors (Lipinski definition) is 1. The van der Waals surface area contributed by atoms with Crippen LogP contribution < -0.4 is 14.8 Å². The van der Waals surface area contributed by atoms with Gasteiger partial charge in [0.05, 0.1) is 0 Å². The van der Waals surface area contributed by atoms with Crippen molar-refractivity contribution >= 4 is 10.8 Å². The van der Waals surface area contributed by atoms with Crippen LogP contribution in [0.3, 0.4) is 0 Å². The first-order valence-corrected chi connectivity index (χ1v) is 8.62. The zero-order valence-electron chi connectivity index (χ0n) is 12.3. The van der Waals surface area contributed by atoms with Crippen LogP contribution in [0, 0.1) is 0 Å². The standard InChI is InChI=1S/C15H23NO3S/c1-11(16-9-12(2)20(3)17)4-5-13-6-7-14-15(8-13)19-10-18-14/h6-8,11-12,16H,4-5,9-10H2,1-3H3. The molecule has 0 fully saturated rings. The maximum atomic E-state index is 11.3. The van der Waals surface area contributed by atoms with Gasteiger partial charge in [0.2, 0.25) is 6.79 Å². The van der Waals surface area contributed by atoms with Gasteiger partial charge in [0.25, 0.3) is 0 Å². The van der Waals surface area contributed by atoms with Crippen molar-refractivity contribution in [3.8, 4) is 11.5 Å². The average molecular weight is 297 g/mol. The van der Waals surface area contributed by atoms with Crippen LogP contribution in [0.15, 0.2) is 18.2 Å². The molecule has 0 spiro atoms. The molecule has 1 aromatic carbocycles. The summed E-state index contributed by atoms with van der Waals surface area (Å²) in [6, 6.07) is 6.52. The molecule has 112 valence electrons. The number of nitrogens with one attached hydrogen (secondary N) is 1. The Balaban J connectivity index is 1.76.